The van der Waals surface area contributed by atoms with Gasteiger partial charge >= 0.3 is 0 Å². The van der Waals surface area contributed by atoms with Crippen LogP contribution in [-0.2, 0) is 0 Å². The van der Waals surface area contributed by atoms with E-state index in [2.05, 4.69) is 15.5 Å². The molecule has 4 aromatic rings. The number of nitrogens with zero attached hydrogens (tertiary/aromatic N) is 3. The summed E-state index contributed by atoms with van der Waals surface area (Å²) in [7, 11) is 1.60. The monoisotopic (exact) mass is 370 g/mol. The molecule has 0 aliphatic carbocycles. The van der Waals surface area contributed by atoms with Crippen LogP contribution < -0.4 is 15.7 Å². The second-order valence-corrected chi connectivity index (χ2v) is 6.07. The largest absolute Gasteiger partial charge is 0.497 e. The lowest BCUT2D eigenvalue weighted by atomic mass is 10.2. The molecule has 3 aromatic carbocycles. The Kier molecular flexibility index (Phi) is 4.84. The molecule has 4 rings (SSSR count). The highest BCUT2D eigenvalue weighted by molar-refractivity contribution is 5.81. The molecule has 0 fully saturated rings. The Bertz CT molecular complexity index is 1180. The Labute approximate surface area is 161 Å². The Morgan fingerprint density at radius 2 is 1.68 bits per heavy atom. The van der Waals surface area contributed by atoms with E-state index in [4.69, 9.17) is 4.74 Å². The van der Waals surface area contributed by atoms with Crippen LogP contribution in [0.25, 0.3) is 16.6 Å². The van der Waals surface area contributed by atoms with Crippen LogP contribution in [0.3, 0.4) is 0 Å². The standard InChI is InChI=1S/C22H18N4O2/c1-28-18-13-11-17(12-14-18)26-21(27)19-9-5-6-10-20(19)24-22(26)25-23-15-16-7-3-2-4-8-16/h2-15H,1H3,(H,24,25)/b23-15+. The summed E-state index contributed by atoms with van der Waals surface area (Å²) in [5.74, 6) is 1.04. The first-order valence-electron chi connectivity index (χ1n) is 8.76. The summed E-state index contributed by atoms with van der Waals surface area (Å²) in [6.45, 7) is 0. The molecule has 1 N–H and O–H groups in total. The fraction of sp³-hybridized carbons (Fsp3) is 0.0455. The SMILES string of the molecule is COc1ccc(-n2c(N/N=C/c3ccccc3)nc3ccccc3c2=O)cc1. The molecule has 28 heavy (non-hydrogen) atoms. The van der Waals surface area contributed by atoms with Gasteiger partial charge in [0.15, 0.2) is 0 Å². The number of benzene rings is 3. The number of aromatic nitrogens is 2. The van der Waals surface area contributed by atoms with Gasteiger partial charge in [0.25, 0.3) is 5.56 Å². The molecular formula is C22H18N4O2. The van der Waals surface area contributed by atoms with Gasteiger partial charge in [-0.3, -0.25) is 4.79 Å². The molecule has 0 bridgehead atoms. The molecule has 0 atom stereocenters. The highest BCUT2D eigenvalue weighted by atomic mass is 16.5. The Morgan fingerprint density at radius 1 is 0.964 bits per heavy atom. The van der Waals surface area contributed by atoms with Crippen molar-refractivity contribution < 1.29 is 4.74 Å². The average molecular weight is 370 g/mol. The normalized spacial score (nSPS) is 11.0. The van der Waals surface area contributed by atoms with Crippen LogP contribution in [0.1, 0.15) is 5.56 Å². The summed E-state index contributed by atoms with van der Waals surface area (Å²) in [6.07, 6.45) is 1.68. The van der Waals surface area contributed by atoms with E-state index in [9.17, 15) is 4.79 Å². The number of anilines is 1. The number of hydrogen-bond donors (Lipinski definition) is 1. The fourth-order valence-electron chi connectivity index (χ4n) is 2.88. The Morgan fingerprint density at radius 3 is 2.43 bits per heavy atom. The van der Waals surface area contributed by atoms with E-state index in [0.29, 0.717) is 28.3 Å². The molecule has 0 unspecified atom stereocenters. The molecule has 0 radical (unpaired) electrons. The maximum Gasteiger partial charge on any atom is 0.267 e. The maximum atomic E-state index is 13.1. The highest BCUT2D eigenvalue weighted by Crippen LogP contribution is 2.19. The van der Waals surface area contributed by atoms with Crippen molar-refractivity contribution in [3.05, 3.63) is 94.8 Å². The van der Waals surface area contributed by atoms with E-state index in [1.807, 2.05) is 54.6 Å². The maximum absolute atomic E-state index is 13.1. The van der Waals surface area contributed by atoms with Gasteiger partial charge in [0.2, 0.25) is 5.95 Å². The molecule has 0 saturated carbocycles. The number of rotatable bonds is 5. The van der Waals surface area contributed by atoms with Crippen molar-refractivity contribution >= 4 is 23.1 Å². The first kappa shape index (κ1) is 17.5. The van der Waals surface area contributed by atoms with Crippen LogP contribution in [0.5, 0.6) is 5.75 Å². The zero-order chi connectivity index (χ0) is 19.3. The smallest absolute Gasteiger partial charge is 0.267 e. The van der Waals surface area contributed by atoms with Gasteiger partial charge < -0.3 is 4.74 Å². The zero-order valence-electron chi connectivity index (χ0n) is 15.2. The quantitative estimate of drug-likeness (QED) is 0.428. The van der Waals surface area contributed by atoms with Crippen molar-refractivity contribution in [2.45, 2.75) is 0 Å². The van der Waals surface area contributed by atoms with E-state index in [0.717, 1.165) is 5.56 Å². The van der Waals surface area contributed by atoms with Crippen molar-refractivity contribution in [2.75, 3.05) is 12.5 Å². The van der Waals surface area contributed by atoms with Gasteiger partial charge in [0, 0.05) is 0 Å². The Hall–Kier alpha value is -3.93. The van der Waals surface area contributed by atoms with E-state index in [1.165, 1.54) is 4.57 Å². The molecule has 6 heteroatoms. The van der Waals surface area contributed by atoms with Gasteiger partial charge in [-0.1, -0.05) is 42.5 Å². The number of methoxy groups -OCH3 is 1. The molecule has 138 valence electrons. The van der Waals surface area contributed by atoms with Gasteiger partial charge in [-0.05, 0) is 42.0 Å². The van der Waals surface area contributed by atoms with Crippen molar-refractivity contribution in [1.29, 1.82) is 0 Å². The number of ether oxygens (including phenoxy) is 1. The van der Waals surface area contributed by atoms with Crippen LogP contribution in [0, 0.1) is 0 Å². The number of para-hydroxylation sites is 1. The summed E-state index contributed by atoms with van der Waals surface area (Å²) in [4.78, 5) is 17.7. The van der Waals surface area contributed by atoms with Gasteiger partial charge in [-0.2, -0.15) is 5.10 Å². The minimum atomic E-state index is -0.173. The third-order valence-electron chi connectivity index (χ3n) is 4.28. The fourth-order valence-corrected chi connectivity index (χ4v) is 2.88. The van der Waals surface area contributed by atoms with Crippen molar-refractivity contribution in [3.8, 4) is 11.4 Å². The Balaban J connectivity index is 1.81. The lowest BCUT2D eigenvalue weighted by molar-refractivity contribution is 0.414. The lowest BCUT2D eigenvalue weighted by Gasteiger charge is -2.13. The molecule has 1 aromatic heterocycles. The third-order valence-corrected chi connectivity index (χ3v) is 4.28. The van der Waals surface area contributed by atoms with E-state index in [-0.39, 0.29) is 5.56 Å². The molecule has 0 spiro atoms. The van der Waals surface area contributed by atoms with Crippen LogP contribution in [-0.4, -0.2) is 22.9 Å². The van der Waals surface area contributed by atoms with Crippen LogP contribution in [0.15, 0.2) is 88.8 Å². The topological polar surface area (TPSA) is 68.5 Å². The second-order valence-electron chi connectivity index (χ2n) is 6.07. The van der Waals surface area contributed by atoms with Crippen LogP contribution >= 0.6 is 0 Å². The van der Waals surface area contributed by atoms with E-state index >= 15 is 0 Å². The first-order valence-corrected chi connectivity index (χ1v) is 8.76. The summed E-state index contributed by atoms with van der Waals surface area (Å²) in [5, 5.41) is 4.80. The van der Waals surface area contributed by atoms with Crippen molar-refractivity contribution in [3.63, 3.8) is 0 Å². The molecule has 0 aliphatic heterocycles. The van der Waals surface area contributed by atoms with Gasteiger partial charge in [-0.15, -0.1) is 0 Å². The van der Waals surface area contributed by atoms with Gasteiger partial charge in [-0.25, -0.2) is 15.0 Å². The number of hydrazone groups is 1. The predicted molar refractivity (Wildman–Crippen MR) is 112 cm³/mol. The van der Waals surface area contributed by atoms with Crippen LogP contribution in [0.4, 0.5) is 5.95 Å². The number of fused-ring (bicyclic) bond motifs is 1. The predicted octanol–water partition coefficient (Wildman–Crippen LogP) is 3.84. The number of hydrogen-bond acceptors (Lipinski definition) is 5. The van der Waals surface area contributed by atoms with E-state index in [1.54, 1.807) is 37.6 Å². The molecule has 0 aliphatic rings. The minimum Gasteiger partial charge on any atom is -0.497 e. The van der Waals surface area contributed by atoms with Crippen LogP contribution in [0.2, 0.25) is 0 Å². The van der Waals surface area contributed by atoms with E-state index < -0.39 is 0 Å². The summed E-state index contributed by atoms with van der Waals surface area (Å²) in [6, 6.07) is 24.2. The summed E-state index contributed by atoms with van der Waals surface area (Å²) >= 11 is 0. The first-order chi connectivity index (χ1) is 13.8. The minimum absolute atomic E-state index is 0.173. The van der Waals surface area contributed by atoms with Crippen molar-refractivity contribution in [2.24, 2.45) is 5.10 Å². The molecule has 0 amide bonds. The van der Waals surface area contributed by atoms with Crippen molar-refractivity contribution in [1.82, 2.24) is 9.55 Å². The van der Waals surface area contributed by atoms with Gasteiger partial charge in [0.05, 0.1) is 29.9 Å². The molecular weight excluding hydrogens is 352 g/mol. The summed E-state index contributed by atoms with van der Waals surface area (Å²) < 4.78 is 6.71. The average Bonchev–Trinajstić information content (AvgIpc) is 2.75. The number of nitrogens with one attached hydrogen (secondary N) is 1. The lowest BCUT2D eigenvalue weighted by Crippen LogP contribution is -2.22. The van der Waals surface area contributed by atoms with Gasteiger partial charge in [0.1, 0.15) is 5.75 Å². The molecule has 6 nitrogen and oxygen atoms in total. The molecule has 1 heterocycles. The summed E-state index contributed by atoms with van der Waals surface area (Å²) in [5.41, 5.74) is 4.95. The highest BCUT2D eigenvalue weighted by Gasteiger charge is 2.12. The second kappa shape index (κ2) is 7.75. The molecule has 0 saturated heterocycles. The third kappa shape index (κ3) is 3.48. The zero-order valence-corrected chi connectivity index (χ0v) is 15.2.